The fourth-order valence-electron chi connectivity index (χ4n) is 1.33. The minimum atomic E-state index is -0.766. The van der Waals surface area contributed by atoms with E-state index in [2.05, 4.69) is 5.32 Å². The minimum Gasteiger partial charge on any atom is -0.488 e. The van der Waals surface area contributed by atoms with Gasteiger partial charge in [-0.25, -0.2) is 4.39 Å². The van der Waals surface area contributed by atoms with E-state index in [1.807, 2.05) is 0 Å². The molecule has 0 fully saturated rings. The van der Waals surface area contributed by atoms with Crippen molar-refractivity contribution in [1.29, 1.82) is 0 Å². The van der Waals surface area contributed by atoms with Crippen LogP contribution in [0.15, 0.2) is 12.1 Å². The summed E-state index contributed by atoms with van der Waals surface area (Å²) in [6.45, 7) is 4.53. The molecule has 0 atom stereocenters. The number of ether oxygens (including phenoxy) is 1. The van der Waals surface area contributed by atoms with Crippen molar-refractivity contribution < 1.29 is 18.8 Å². The normalized spacial score (nSPS) is 10.3. The van der Waals surface area contributed by atoms with Gasteiger partial charge in [0, 0.05) is 13.0 Å². The molecule has 0 aliphatic rings. The molecule has 1 aromatic carbocycles. The lowest BCUT2D eigenvalue weighted by Crippen LogP contribution is -2.11. The van der Waals surface area contributed by atoms with E-state index in [-0.39, 0.29) is 17.5 Å². The number of nitro benzene ring substituents is 1. The van der Waals surface area contributed by atoms with Gasteiger partial charge in [-0.05, 0) is 13.8 Å². The number of carbonyl (C=O) groups excluding carboxylic acids is 1. The molecule has 0 aliphatic carbocycles. The molecule has 98 valence electrons. The summed E-state index contributed by atoms with van der Waals surface area (Å²) < 4.78 is 18.7. The largest absolute Gasteiger partial charge is 0.488 e. The first kappa shape index (κ1) is 13.9. The van der Waals surface area contributed by atoms with Crippen LogP contribution in [0.2, 0.25) is 0 Å². The predicted molar refractivity (Wildman–Crippen MR) is 63.1 cm³/mol. The zero-order valence-corrected chi connectivity index (χ0v) is 10.2. The molecule has 0 aromatic heterocycles. The number of nitrogens with zero attached hydrogens (tertiary/aromatic N) is 1. The summed E-state index contributed by atoms with van der Waals surface area (Å²) in [6.07, 6.45) is -0.314. The van der Waals surface area contributed by atoms with Gasteiger partial charge in [0.1, 0.15) is 5.69 Å². The lowest BCUT2D eigenvalue weighted by Gasteiger charge is -2.12. The molecular weight excluding hydrogens is 243 g/mol. The van der Waals surface area contributed by atoms with E-state index in [0.29, 0.717) is 0 Å². The topological polar surface area (TPSA) is 81.5 Å². The zero-order valence-electron chi connectivity index (χ0n) is 10.2. The summed E-state index contributed by atoms with van der Waals surface area (Å²) in [5, 5.41) is 13.0. The Morgan fingerprint density at radius 2 is 2.11 bits per heavy atom. The summed E-state index contributed by atoms with van der Waals surface area (Å²) in [4.78, 5) is 21.0. The number of rotatable bonds is 4. The number of nitro groups is 1. The SMILES string of the molecule is CC(=O)Nc1cc(F)c(OC(C)C)cc1[N+](=O)[O-]. The van der Waals surface area contributed by atoms with Crippen LogP contribution in [0.3, 0.4) is 0 Å². The molecule has 0 spiro atoms. The summed E-state index contributed by atoms with van der Waals surface area (Å²) in [5.74, 6) is -1.50. The molecule has 0 unspecified atom stereocenters. The van der Waals surface area contributed by atoms with Gasteiger partial charge < -0.3 is 10.1 Å². The quantitative estimate of drug-likeness (QED) is 0.662. The molecule has 6 nitrogen and oxygen atoms in total. The lowest BCUT2D eigenvalue weighted by molar-refractivity contribution is -0.384. The highest BCUT2D eigenvalue weighted by atomic mass is 19.1. The Morgan fingerprint density at radius 1 is 1.50 bits per heavy atom. The van der Waals surface area contributed by atoms with E-state index in [4.69, 9.17) is 4.74 Å². The number of benzene rings is 1. The third-order valence-electron chi connectivity index (χ3n) is 1.92. The standard InChI is InChI=1S/C11H13FN2O4/c1-6(2)18-11-5-10(14(16)17)9(4-8(11)12)13-7(3)15/h4-6H,1-3H3,(H,13,15). The first-order valence-corrected chi connectivity index (χ1v) is 5.23. The van der Waals surface area contributed by atoms with Crippen LogP contribution in [0.4, 0.5) is 15.8 Å². The highest BCUT2D eigenvalue weighted by molar-refractivity contribution is 5.91. The summed E-state index contributed by atoms with van der Waals surface area (Å²) >= 11 is 0. The fraction of sp³-hybridized carbons (Fsp3) is 0.364. The lowest BCUT2D eigenvalue weighted by atomic mass is 10.2. The Bertz CT molecular complexity index is 488. The van der Waals surface area contributed by atoms with Crippen LogP contribution in [0.5, 0.6) is 5.75 Å². The fourth-order valence-corrected chi connectivity index (χ4v) is 1.33. The first-order valence-electron chi connectivity index (χ1n) is 5.23. The molecule has 0 bridgehead atoms. The van der Waals surface area contributed by atoms with Gasteiger partial charge in [0.25, 0.3) is 5.69 Å². The Morgan fingerprint density at radius 3 is 2.56 bits per heavy atom. The van der Waals surface area contributed by atoms with E-state index >= 15 is 0 Å². The molecule has 0 saturated carbocycles. The maximum Gasteiger partial charge on any atom is 0.296 e. The van der Waals surface area contributed by atoms with Crippen LogP contribution in [-0.4, -0.2) is 16.9 Å². The summed E-state index contributed by atoms with van der Waals surface area (Å²) in [6, 6.07) is 1.83. The molecule has 7 heteroatoms. The van der Waals surface area contributed by atoms with Gasteiger partial charge in [-0.1, -0.05) is 0 Å². The van der Waals surface area contributed by atoms with Crippen LogP contribution in [0.25, 0.3) is 0 Å². The Kier molecular flexibility index (Phi) is 4.19. The maximum atomic E-state index is 13.6. The third-order valence-corrected chi connectivity index (χ3v) is 1.92. The van der Waals surface area contributed by atoms with Crippen molar-refractivity contribution in [2.24, 2.45) is 0 Å². The molecule has 0 radical (unpaired) electrons. The van der Waals surface area contributed by atoms with Crippen molar-refractivity contribution in [1.82, 2.24) is 0 Å². The number of nitrogens with one attached hydrogen (secondary N) is 1. The molecule has 1 aromatic rings. The molecule has 1 N–H and O–H groups in total. The number of hydrogen-bond donors (Lipinski definition) is 1. The number of hydrogen-bond acceptors (Lipinski definition) is 4. The van der Waals surface area contributed by atoms with Gasteiger partial charge in [-0.3, -0.25) is 14.9 Å². The van der Waals surface area contributed by atoms with Gasteiger partial charge in [0.15, 0.2) is 11.6 Å². The van der Waals surface area contributed by atoms with Crippen molar-refractivity contribution in [3.8, 4) is 5.75 Å². The second kappa shape index (κ2) is 5.44. The van der Waals surface area contributed by atoms with Crippen molar-refractivity contribution >= 4 is 17.3 Å². The molecule has 0 saturated heterocycles. The third kappa shape index (κ3) is 3.41. The van der Waals surface area contributed by atoms with Crippen molar-refractivity contribution in [2.45, 2.75) is 26.9 Å². The Hall–Kier alpha value is -2.18. The van der Waals surface area contributed by atoms with Crippen LogP contribution < -0.4 is 10.1 Å². The highest BCUT2D eigenvalue weighted by Gasteiger charge is 2.20. The Labute approximate surface area is 103 Å². The predicted octanol–water partition coefficient (Wildman–Crippen LogP) is 2.48. The summed E-state index contributed by atoms with van der Waals surface area (Å²) in [5.41, 5.74) is -0.608. The van der Waals surface area contributed by atoms with Gasteiger partial charge in [-0.15, -0.1) is 0 Å². The van der Waals surface area contributed by atoms with Gasteiger partial charge >= 0.3 is 0 Å². The average molecular weight is 256 g/mol. The average Bonchev–Trinajstić information content (AvgIpc) is 2.19. The van der Waals surface area contributed by atoms with Crippen LogP contribution in [0.1, 0.15) is 20.8 Å². The molecule has 1 amide bonds. The van der Waals surface area contributed by atoms with Crippen LogP contribution >= 0.6 is 0 Å². The van der Waals surface area contributed by atoms with Gasteiger partial charge in [0.2, 0.25) is 5.91 Å². The number of halogens is 1. The van der Waals surface area contributed by atoms with Crippen molar-refractivity contribution in [3.05, 3.63) is 28.1 Å². The minimum absolute atomic E-state index is 0.193. The first-order chi connectivity index (χ1) is 8.31. The number of amides is 1. The molecule has 0 aliphatic heterocycles. The monoisotopic (exact) mass is 256 g/mol. The number of carbonyl (C=O) groups is 1. The highest BCUT2D eigenvalue weighted by Crippen LogP contribution is 2.32. The smallest absolute Gasteiger partial charge is 0.296 e. The van der Waals surface area contributed by atoms with E-state index in [1.165, 1.54) is 6.92 Å². The van der Waals surface area contributed by atoms with E-state index in [9.17, 15) is 19.3 Å². The molecule has 0 heterocycles. The number of anilines is 1. The molecule has 18 heavy (non-hydrogen) atoms. The van der Waals surface area contributed by atoms with Crippen molar-refractivity contribution in [2.75, 3.05) is 5.32 Å². The second-order valence-corrected chi connectivity index (χ2v) is 3.90. The molecular formula is C11H13FN2O4. The van der Waals surface area contributed by atoms with Crippen molar-refractivity contribution in [3.63, 3.8) is 0 Å². The summed E-state index contributed by atoms with van der Waals surface area (Å²) in [7, 11) is 0. The van der Waals surface area contributed by atoms with E-state index < -0.39 is 22.3 Å². The van der Waals surface area contributed by atoms with Crippen LogP contribution in [-0.2, 0) is 4.79 Å². The van der Waals surface area contributed by atoms with Gasteiger partial charge in [-0.2, -0.15) is 0 Å². The maximum absolute atomic E-state index is 13.6. The molecule has 1 rings (SSSR count). The van der Waals surface area contributed by atoms with Crippen LogP contribution in [0, 0.1) is 15.9 Å². The van der Waals surface area contributed by atoms with Gasteiger partial charge in [0.05, 0.1) is 17.1 Å². The van der Waals surface area contributed by atoms with E-state index in [0.717, 1.165) is 12.1 Å². The Balaban J connectivity index is 3.25. The zero-order chi connectivity index (χ0) is 13.9. The van der Waals surface area contributed by atoms with E-state index in [1.54, 1.807) is 13.8 Å². The second-order valence-electron chi connectivity index (χ2n) is 3.90.